The highest BCUT2D eigenvalue weighted by molar-refractivity contribution is 5.19. The van der Waals surface area contributed by atoms with Gasteiger partial charge in [-0.05, 0) is 30.8 Å². The molecule has 0 bridgehead atoms. The van der Waals surface area contributed by atoms with Crippen molar-refractivity contribution in [3.8, 4) is 0 Å². The summed E-state index contributed by atoms with van der Waals surface area (Å²) in [6.45, 7) is 0.630. The van der Waals surface area contributed by atoms with Gasteiger partial charge in [0.05, 0.1) is 0 Å². The van der Waals surface area contributed by atoms with E-state index in [1.165, 1.54) is 24.8 Å². The minimum absolute atomic E-state index is 0.426. The van der Waals surface area contributed by atoms with Gasteiger partial charge in [0.15, 0.2) is 0 Å². The third-order valence-electron chi connectivity index (χ3n) is 2.23. The molecule has 0 atom stereocenters. The molecule has 1 N–H and O–H groups in total. The molecule has 0 aromatic carbocycles. The molecule has 0 unspecified atom stereocenters. The van der Waals surface area contributed by atoms with Gasteiger partial charge in [-0.3, -0.25) is 0 Å². The standard InChI is InChI=1S/C9H12N2O/c10-11-9-4-3-8(6-12-9)5-7-1-2-7/h3-4,7,10H,1-2,5-6H2. The van der Waals surface area contributed by atoms with Crippen molar-refractivity contribution < 1.29 is 4.74 Å². The van der Waals surface area contributed by atoms with E-state index in [0.717, 1.165) is 5.92 Å². The van der Waals surface area contributed by atoms with E-state index in [9.17, 15) is 0 Å². The molecule has 1 heterocycles. The first kappa shape index (κ1) is 7.53. The zero-order valence-electron chi connectivity index (χ0n) is 6.92. The van der Waals surface area contributed by atoms with Crippen molar-refractivity contribution in [1.82, 2.24) is 0 Å². The minimum Gasteiger partial charge on any atom is -0.472 e. The van der Waals surface area contributed by atoms with E-state index in [1.54, 1.807) is 6.08 Å². The zero-order valence-corrected chi connectivity index (χ0v) is 6.92. The molecule has 0 radical (unpaired) electrons. The fourth-order valence-corrected chi connectivity index (χ4v) is 1.34. The predicted molar refractivity (Wildman–Crippen MR) is 44.6 cm³/mol. The van der Waals surface area contributed by atoms with Crippen LogP contribution in [0.25, 0.3) is 0 Å². The van der Waals surface area contributed by atoms with Crippen molar-refractivity contribution in [2.24, 2.45) is 11.0 Å². The van der Waals surface area contributed by atoms with Crippen LogP contribution < -0.4 is 0 Å². The third-order valence-corrected chi connectivity index (χ3v) is 2.23. The summed E-state index contributed by atoms with van der Waals surface area (Å²) >= 11 is 0. The maximum absolute atomic E-state index is 6.72. The fourth-order valence-electron chi connectivity index (χ4n) is 1.34. The van der Waals surface area contributed by atoms with E-state index in [-0.39, 0.29) is 0 Å². The zero-order chi connectivity index (χ0) is 8.39. The highest BCUT2D eigenvalue weighted by Crippen LogP contribution is 2.35. The number of nitrogens with zero attached hydrogens (tertiary/aromatic N) is 1. The molecule has 1 saturated carbocycles. The van der Waals surface area contributed by atoms with Crippen LogP contribution in [0.5, 0.6) is 0 Å². The van der Waals surface area contributed by atoms with E-state index in [0.29, 0.717) is 12.5 Å². The average molecular weight is 164 g/mol. The van der Waals surface area contributed by atoms with E-state index in [4.69, 9.17) is 10.3 Å². The van der Waals surface area contributed by atoms with Crippen LogP contribution in [0.2, 0.25) is 0 Å². The van der Waals surface area contributed by atoms with Crippen LogP contribution in [-0.4, -0.2) is 6.61 Å². The number of nitrogens with one attached hydrogen (secondary N) is 1. The van der Waals surface area contributed by atoms with Gasteiger partial charge in [-0.25, -0.2) is 5.53 Å². The molecular weight excluding hydrogens is 152 g/mol. The summed E-state index contributed by atoms with van der Waals surface area (Å²) in [7, 11) is 0. The van der Waals surface area contributed by atoms with E-state index < -0.39 is 0 Å². The topological polar surface area (TPSA) is 45.4 Å². The molecule has 12 heavy (non-hydrogen) atoms. The lowest BCUT2D eigenvalue weighted by molar-refractivity contribution is 0.223. The van der Waals surface area contributed by atoms with Crippen molar-refractivity contribution in [3.63, 3.8) is 0 Å². The summed E-state index contributed by atoms with van der Waals surface area (Å²) in [5.74, 6) is 1.33. The van der Waals surface area contributed by atoms with Crippen molar-refractivity contribution in [2.75, 3.05) is 6.61 Å². The summed E-state index contributed by atoms with van der Waals surface area (Å²) < 4.78 is 5.21. The monoisotopic (exact) mass is 164 g/mol. The lowest BCUT2D eigenvalue weighted by Crippen LogP contribution is -2.02. The normalized spacial score (nSPS) is 22.3. The largest absolute Gasteiger partial charge is 0.472 e. The molecule has 1 fully saturated rings. The highest BCUT2D eigenvalue weighted by Gasteiger charge is 2.23. The molecule has 0 amide bonds. The molecule has 64 valence electrons. The second-order valence-electron chi connectivity index (χ2n) is 3.38. The van der Waals surface area contributed by atoms with Gasteiger partial charge in [-0.2, -0.15) is 0 Å². The van der Waals surface area contributed by atoms with Gasteiger partial charge in [-0.15, -0.1) is 5.11 Å². The van der Waals surface area contributed by atoms with Gasteiger partial charge in [0.25, 0.3) is 0 Å². The molecule has 3 nitrogen and oxygen atoms in total. The van der Waals surface area contributed by atoms with Crippen molar-refractivity contribution in [3.05, 3.63) is 23.6 Å². The molecule has 0 aromatic heterocycles. The summed E-state index contributed by atoms with van der Waals surface area (Å²) in [5, 5.41) is 3.22. The van der Waals surface area contributed by atoms with E-state index in [2.05, 4.69) is 5.11 Å². The van der Waals surface area contributed by atoms with E-state index >= 15 is 0 Å². The second-order valence-corrected chi connectivity index (χ2v) is 3.38. The van der Waals surface area contributed by atoms with Crippen LogP contribution in [0.3, 0.4) is 0 Å². The molecule has 2 rings (SSSR count). The SMILES string of the molecule is N=NC1=CC=C(CC2CC2)CO1. The molecule has 0 aromatic rings. The smallest absolute Gasteiger partial charge is 0.232 e. The van der Waals surface area contributed by atoms with Crippen molar-refractivity contribution >= 4 is 0 Å². The Hall–Kier alpha value is -1.12. The summed E-state index contributed by atoms with van der Waals surface area (Å²) in [6, 6.07) is 0. The van der Waals surface area contributed by atoms with Crippen LogP contribution in [0, 0.1) is 11.4 Å². The Morgan fingerprint density at radius 2 is 2.33 bits per heavy atom. The van der Waals surface area contributed by atoms with Gasteiger partial charge in [0, 0.05) is 6.08 Å². The lowest BCUT2D eigenvalue weighted by Gasteiger charge is -2.12. The van der Waals surface area contributed by atoms with Crippen LogP contribution in [0.15, 0.2) is 28.7 Å². The van der Waals surface area contributed by atoms with Gasteiger partial charge >= 0.3 is 0 Å². The van der Waals surface area contributed by atoms with Gasteiger partial charge in [0.2, 0.25) is 5.88 Å². The van der Waals surface area contributed by atoms with Crippen LogP contribution in [0.4, 0.5) is 0 Å². The number of ether oxygens (including phenoxy) is 1. The average Bonchev–Trinajstić information content (AvgIpc) is 2.90. The molecule has 0 spiro atoms. The Morgan fingerprint density at radius 3 is 2.83 bits per heavy atom. The Bertz CT molecular complexity index is 251. The molecular formula is C9H12N2O. The van der Waals surface area contributed by atoms with Crippen LogP contribution in [-0.2, 0) is 4.74 Å². The fraction of sp³-hybridized carbons (Fsp3) is 0.556. The molecule has 3 heteroatoms. The second kappa shape index (κ2) is 3.09. The first-order valence-electron chi connectivity index (χ1n) is 4.28. The molecule has 1 aliphatic heterocycles. The first-order valence-corrected chi connectivity index (χ1v) is 4.28. The lowest BCUT2D eigenvalue weighted by atomic mass is 10.1. The number of hydrogen-bond donors (Lipinski definition) is 1. The number of rotatable bonds is 3. The molecule has 0 saturated heterocycles. The van der Waals surface area contributed by atoms with Crippen LogP contribution >= 0.6 is 0 Å². The summed E-state index contributed by atoms with van der Waals surface area (Å²) in [5.41, 5.74) is 8.06. The van der Waals surface area contributed by atoms with Gasteiger partial charge in [-0.1, -0.05) is 6.08 Å². The summed E-state index contributed by atoms with van der Waals surface area (Å²) in [4.78, 5) is 0. The number of allylic oxidation sites excluding steroid dienone is 2. The maximum atomic E-state index is 6.72. The Morgan fingerprint density at radius 1 is 1.50 bits per heavy atom. The Balaban J connectivity index is 1.94. The van der Waals surface area contributed by atoms with Crippen molar-refractivity contribution in [1.29, 1.82) is 5.53 Å². The summed E-state index contributed by atoms with van der Waals surface area (Å²) in [6.07, 6.45) is 7.72. The minimum atomic E-state index is 0.426. The Labute approximate surface area is 71.6 Å². The number of hydrogen-bond acceptors (Lipinski definition) is 3. The van der Waals surface area contributed by atoms with Gasteiger partial charge < -0.3 is 4.74 Å². The van der Waals surface area contributed by atoms with Gasteiger partial charge in [0.1, 0.15) is 6.61 Å². The maximum Gasteiger partial charge on any atom is 0.232 e. The van der Waals surface area contributed by atoms with Crippen molar-refractivity contribution in [2.45, 2.75) is 19.3 Å². The Kier molecular flexibility index (Phi) is 1.94. The highest BCUT2D eigenvalue weighted by atomic mass is 16.5. The van der Waals surface area contributed by atoms with E-state index in [1.807, 2.05) is 6.08 Å². The van der Waals surface area contributed by atoms with Crippen LogP contribution in [0.1, 0.15) is 19.3 Å². The molecule has 2 aliphatic rings. The first-order chi connectivity index (χ1) is 5.88. The quantitative estimate of drug-likeness (QED) is 0.640. The third kappa shape index (κ3) is 1.72. The predicted octanol–water partition coefficient (Wildman–Crippen LogP) is 2.62. The molecule has 1 aliphatic carbocycles.